The average Bonchev–Trinajstić information content (AvgIpc) is 3.13. The Morgan fingerprint density at radius 1 is 1.21 bits per heavy atom. The van der Waals surface area contributed by atoms with Gasteiger partial charge in [0.1, 0.15) is 11.3 Å². The van der Waals surface area contributed by atoms with Crippen molar-refractivity contribution in [1.82, 2.24) is 9.38 Å². The zero-order chi connectivity index (χ0) is 19.7. The van der Waals surface area contributed by atoms with Crippen LogP contribution in [0.15, 0.2) is 64.9 Å². The summed E-state index contributed by atoms with van der Waals surface area (Å²) in [7, 11) is 1.54. The predicted octanol–water partition coefficient (Wildman–Crippen LogP) is 4.34. The molecule has 0 saturated heterocycles. The summed E-state index contributed by atoms with van der Waals surface area (Å²) >= 11 is 7.59. The number of nitrogens with zero attached hydrogens (tertiary/aromatic N) is 2. The van der Waals surface area contributed by atoms with Crippen molar-refractivity contribution >= 4 is 39.5 Å². The molecule has 4 rings (SSSR count). The molecule has 140 valence electrons. The molecule has 1 amide bonds. The standard InChI is InChI=1S/C20H14ClN3O3S/c1-27-13-6-4-5-12(9-13)23-18(25)15-10-22-20-24(19(15)26)17(11-28-20)14-7-2-3-8-16(14)21/h2-11H,1H3,(H,23,25). The largest absolute Gasteiger partial charge is 0.497 e. The number of hydrogen-bond donors (Lipinski definition) is 1. The number of carbonyl (C=O) groups is 1. The molecule has 28 heavy (non-hydrogen) atoms. The van der Waals surface area contributed by atoms with E-state index in [9.17, 15) is 9.59 Å². The number of amides is 1. The molecule has 0 aliphatic carbocycles. The third kappa shape index (κ3) is 3.26. The zero-order valence-corrected chi connectivity index (χ0v) is 16.3. The summed E-state index contributed by atoms with van der Waals surface area (Å²) in [5.74, 6) is 0.0541. The number of methoxy groups -OCH3 is 1. The maximum Gasteiger partial charge on any atom is 0.271 e. The lowest BCUT2D eigenvalue weighted by atomic mass is 10.2. The fourth-order valence-corrected chi connectivity index (χ4v) is 3.89. The third-order valence-corrected chi connectivity index (χ3v) is 5.34. The van der Waals surface area contributed by atoms with Gasteiger partial charge in [0, 0.05) is 33.9 Å². The third-order valence-electron chi connectivity index (χ3n) is 4.17. The number of benzene rings is 2. The Balaban J connectivity index is 1.77. The van der Waals surface area contributed by atoms with Crippen molar-refractivity contribution in [3.8, 4) is 17.0 Å². The summed E-state index contributed by atoms with van der Waals surface area (Å²) in [6.45, 7) is 0. The summed E-state index contributed by atoms with van der Waals surface area (Å²) in [5.41, 5.74) is 1.29. The van der Waals surface area contributed by atoms with Crippen molar-refractivity contribution in [2.75, 3.05) is 12.4 Å². The number of hydrogen-bond acceptors (Lipinski definition) is 5. The first-order valence-electron chi connectivity index (χ1n) is 8.28. The maximum absolute atomic E-state index is 13.1. The van der Waals surface area contributed by atoms with Crippen LogP contribution in [0, 0.1) is 0 Å². The van der Waals surface area contributed by atoms with Crippen molar-refractivity contribution in [2.45, 2.75) is 0 Å². The zero-order valence-electron chi connectivity index (χ0n) is 14.7. The van der Waals surface area contributed by atoms with Gasteiger partial charge in [0.15, 0.2) is 4.96 Å². The van der Waals surface area contributed by atoms with E-state index < -0.39 is 11.5 Å². The topological polar surface area (TPSA) is 72.7 Å². The molecule has 0 atom stereocenters. The number of thiazole rings is 1. The SMILES string of the molecule is COc1cccc(NC(=O)c2cnc3scc(-c4ccccc4Cl)n3c2=O)c1. The molecule has 2 heterocycles. The molecule has 0 bridgehead atoms. The highest BCUT2D eigenvalue weighted by atomic mass is 35.5. The van der Waals surface area contributed by atoms with Crippen LogP contribution in [-0.4, -0.2) is 22.4 Å². The number of rotatable bonds is 4. The van der Waals surface area contributed by atoms with Crippen LogP contribution in [0.3, 0.4) is 0 Å². The second kappa shape index (κ2) is 7.46. The summed E-state index contributed by atoms with van der Waals surface area (Å²) < 4.78 is 6.56. The van der Waals surface area contributed by atoms with E-state index in [1.807, 2.05) is 18.2 Å². The van der Waals surface area contributed by atoms with Crippen LogP contribution in [-0.2, 0) is 0 Å². The number of nitrogens with one attached hydrogen (secondary N) is 1. The molecular formula is C20H14ClN3O3S. The maximum atomic E-state index is 13.1. The van der Waals surface area contributed by atoms with Gasteiger partial charge in [-0.15, -0.1) is 11.3 Å². The minimum Gasteiger partial charge on any atom is -0.497 e. The molecule has 0 spiro atoms. The molecule has 1 N–H and O–H groups in total. The van der Waals surface area contributed by atoms with Gasteiger partial charge in [0.2, 0.25) is 0 Å². The Labute approximate surface area is 169 Å². The van der Waals surface area contributed by atoms with Crippen LogP contribution in [0.5, 0.6) is 5.75 Å². The lowest BCUT2D eigenvalue weighted by Gasteiger charge is -2.08. The minimum atomic E-state index is -0.545. The van der Waals surface area contributed by atoms with Gasteiger partial charge in [-0.1, -0.05) is 35.9 Å². The van der Waals surface area contributed by atoms with E-state index in [-0.39, 0.29) is 5.56 Å². The summed E-state index contributed by atoms with van der Waals surface area (Å²) in [6, 6.07) is 14.1. The lowest BCUT2D eigenvalue weighted by molar-refractivity contribution is 0.102. The number of anilines is 1. The van der Waals surface area contributed by atoms with E-state index in [0.717, 1.165) is 0 Å². The molecule has 0 unspecified atom stereocenters. The Hall–Kier alpha value is -3.16. The first-order chi connectivity index (χ1) is 13.6. The smallest absolute Gasteiger partial charge is 0.271 e. The van der Waals surface area contributed by atoms with E-state index in [4.69, 9.17) is 16.3 Å². The number of fused-ring (bicyclic) bond motifs is 1. The Morgan fingerprint density at radius 3 is 2.82 bits per heavy atom. The van der Waals surface area contributed by atoms with E-state index in [1.165, 1.54) is 29.0 Å². The van der Waals surface area contributed by atoms with E-state index in [1.54, 1.807) is 35.7 Å². The van der Waals surface area contributed by atoms with Gasteiger partial charge >= 0.3 is 0 Å². The van der Waals surface area contributed by atoms with Gasteiger partial charge in [0.25, 0.3) is 11.5 Å². The van der Waals surface area contributed by atoms with E-state index >= 15 is 0 Å². The molecule has 4 aromatic rings. The van der Waals surface area contributed by atoms with E-state index in [0.29, 0.717) is 32.7 Å². The van der Waals surface area contributed by atoms with Crippen LogP contribution in [0.4, 0.5) is 5.69 Å². The van der Waals surface area contributed by atoms with Crippen LogP contribution < -0.4 is 15.6 Å². The van der Waals surface area contributed by atoms with Crippen LogP contribution in [0.25, 0.3) is 16.2 Å². The lowest BCUT2D eigenvalue weighted by Crippen LogP contribution is -2.26. The van der Waals surface area contributed by atoms with Crippen molar-refractivity contribution in [1.29, 1.82) is 0 Å². The van der Waals surface area contributed by atoms with Gasteiger partial charge in [0.05, 0.1) is 12.8 Å². The monoisotopic (exact) mass is 411 g/mol. The summed E-state index contributed by atoms with van der Waals surface area (Å²) in [4.78, 5) is 30.5. The second-order valence-electron chi connectivity index (χ2n) is 5.88. The van der Waals surface area contributed by atoms with Gasteiger partial charge in [-0.2, -0.15) is 0 Å². The normalized spacial score (nSPS) is 10.8. The molecular weight excluding hydrogens is 398 g/mol. The predicted molar refractivity (Wildman–Crippen MR) is 111 cm³/mol. The van der Waals surface area contributed by atoms with Crippen molar-refractivity contribution in [3.63, 3.8) is 0 Å². The molecule has 0 aliphatic heterocycles. The Morgan fingerprint density at radius 2 is 2.04 bits per heavy atom. The van der Waals surface area contributed by atoms with Crippen molar-refractivity contribution in [2.24, 2.45) is 0 Å². The highest BCUT2D eigenvalue weighted by molar-refractivity contribution is 7.15. The van der Waals surface area contributed by atoms with Gasteiger partial charge in [-0.05, 0) is 18.2 Å². The fraction of sp³-hybridized carbons (Fsp3) is 0.0500. The highest BCUT2D eigenvalue weighted by Gasteiger charge is 2.18. The van der Waals surface area contributed by atoms with Gasteiger partial charge in [-0.3, -0.25) is 14.0 Å². The van der Waals surface area contributed by atoms with Crippen LogP contribution in [0.2, 0.25) is 5.02 Å². The second-order valence-corrected chi connectivity index (χ2v) is 7.13. The van der Waals surface area contributed by atoms with Crippen LogP contribution >= 0.6 is 22.9 Å². The average molecular weight is 412 g/mol. The number of halogens is 1. The molecule has 6 nitrogen and oxygen atoms in total. The quantitative estimate of drug-likeness (QED) is 0.542. The number of aromatic nitrogens is 2. The van der Waals surface area contributed by atoms with Gasteiger partial charge < -0.3 is 10.1 Å². The van der Waals surface area contributed by atoms with Crippen molar-refractivity contribution < 1.29 is 9.53 Å². The molecule has 0 saturated carbocycles. The fourth-order valence-electron chi connectivity index (χ4n) is 2.80. The van der Waals surface area contributed by atoms with Crippen LogP contribution in [0.1, 0.15) is 10.4 Å². The summed E-state index contributed by atoms with van der Waals surface area (Å²) in [5, 5.41) is 5.02. The molecule has 8 heteroatoms. The molecule has 0 fully saturated rings. The highest BCUT2D eigenvalue weighted by Crippen LogP contribution is 2.30. The summed E-state index contributed by atoms with van der Waals surface area (Å²) in [6.07, 6.45) is 1.29. The molecule has 0 aliphatic rings. The van der Waals surface area contributed by atoms with E-state index in [2.05, 4.69) is 10.3 Å². The first-order valence-corrected chi connectivity index (χ1v) is 9.54. The molecule has 0 radical (unpaired) electrons. The Kier molecular flexibility index (Phi) is 4.85. The molecule has 2 aromatic carbocycles. The molecule has 2 aromatic heterocycles. The first kappa shape index (κ1) is 18.2. The van der Waals surface area contributed by atoms with Crippen molar-refractivity contribution in [3.05, 3.63) is 81.0 Å². The number of carbonyl (C=O) groups excluding carboxylic acids is 1. The number of ether oxygens (including phenoxy) is 1. The minimum absolute atomic E-state index is 0.0629. The van der Waals surface area contributed by atoms with Gasteiger partial charge in [-0.25, -0.2) is 4.98 Å². The Bertz CT molecular complexity index is 1250.